The Morgan fingerprint density at radius 1 is 1.36 bits per heavy atom. The first-order chi connectivity index (χ1) is 10.4. The molecular formula is C16H22FN3O2. The van der Waals surface area contributed by atoms with Crippen LogP contribution in [0.2, 0.25) is 0 Å². The molecule has 6 heteroatoms. The molecule has 22 heavy (non-hydrogen) atoms. The van der Waals surface area contributed by atoms with Crippen molar-refractivity contribution in [3.05, 3.63) is 29.1 Å². The van der Waals surface area contributed by atoms with E-state index >= 15 is 0 Å². The van der Waals surface area contributed by atoms with E-state index in [1.165, 1.54) is 12.1 Å². The van der Waals surface area contributed by atoms with Crippen LogP contribution in [0.1, 0.15) is 49.0 Å². The zero-order valence-corrected chi connectivity index (χ0v) is 13.0. The van der Waals surface area contributed by atoms with Gasteiger partial charge in [0.15, 0.2) is 0 Å². The highest BCUT2D eigenvalue weighted by Crippen LogP contribution is 2.26. The predicted molar refractivity (Wildman–Crippen MR) is 83.2 cm³/mol. The second-order valence-corrected chi connectivity index (χ2v) is 5.68. The summed E-state index contributed by atoms with van der Waals surface area (Å²) in [4.78, 5) is 23.7. The first-order valence-electron chi connectivity index (χ1n) is 7.59. The van der Waals surface area contributed by atoms with E-state index in [-0.39, 0.29) is 11.5 Å². The second kappa shape index (κ2) is 6.44. The summed E-state index contributed by atoms with van der Waals surface area (Å²) in [5, 5.41) is 5.48. The maximum atomic E-state index is 14.2. The Balaban J connectivity index is 2.29. The Morgan fingerprint density at radius 3 is 2.64 bits per heavy atom. The van der Waals surface area contributed by atoms with E-state index in [0.717, 1.165) is 5.56 Å². The fourth-order valence-electron chi connectivity index (χ4n) is 2.65. The lowest BCUT2D eigenvalue weighted by Crippen LogP contribution is -2.53. The van der Waals surface area contributed by atoms with Gasteiger partial charge in [-0.25, -0.2) is 4.39 Å². The third-order valence-electron chi connectivity index (χ3n) is 4.46. The number of hydrogen-bond donors (Lipinski definition) is 3. The minimum absolute atomic E-state index is 0.00498. The molecule has 4 N–H and O–H groups in total. The molecule has 0 saturated carbocycles. The normalized spacial score (nSPS) is 14.3. The van der Waals surface area contributed by atoms with Crippen LogP contribution in [0.4, 0.5) is 10.1 Å². The highest BCUT2D eigenvalue weighted by Gasteiger charge is 2.28. The zero-order valence-electron chi connectivity index (χ0n) is 13.0. The SMILES string of the molecule is CCC(CC)(CN)NC(=O)c1cc2c(cc1F)NC(=O)CC2. The summed E-state index contributed by atoms with van der Waals surface area (Å²) in [6.45, 7) is 4.18. The quantitative estimate of drug-likeness (QED) is 0.777. The number of hydrogen-bond acceptors (Lipinski definition) is 3. The van der Waals surface area contributed by atoms with Gasteiger partial charge in [-0.2, -0.15) is 0 Å². The molecule has 2 amide bonds. The van der Waals surface area contributed by atoms with Crippen molar-refractivity contribution >= 4 is 17.5 Å². The lowest BCUT2D eigenvalue weighted by Gasteiger charge is -2.31. The second-order valence-electron chi connectivity index (χ2n) is 5.68. The van der Waals surface area contributed by atoms with Gasteiger partial charge in [-0.05, 0) is 37.0 Å². The summed E-state index contributed by atoms with van der Waals surface area (Å²) in [5.74, 6) is -1.24. The van der Waals surface area contributed by atoms with Gasteiger partial charge >= 0.3 is 0 Å². The maximum absolute atomic E-state index is 14.2. The van der Waals surface area contributed by atoms with E-state index in [4.69, 9.17) is 5.73 Å². The summed E-state index contributed by atoms with van der Waals surface area (Å²) in [5.41, 5.74) is 6.46. The van der Waals surface area contributed by atoms with Gasteiger partial charge in [-0.1, -0.05) is 13.8 Å². The Morgan fingerprint density at radius 2 is 2.05 bits per heavy atom. The molecule has 0 saturated heterocycles. The average molecular weight is 307 g/mol. The van der Waals surface area contributed by atoms with Gasteiger partial charge in [0.1, 0.15) is 5.82 Å². The van der Waals surface area contributed by atoms with Crippen LogP contribution in [0.15, 0.2) is 12.1 Å². The summed E-state index contributed by atoms with van der Waals surface area (Å²) >= 11 is 0. The summed E-state index contributed by atoms with van der Waals surface area (Å²) < 4.78 is 14.2. The lowest BCUT2D eigenvalue weighted by atomic mass is 9.92. The van der Waals surface area contributed by atoms with E-state index in [1.807, 2.05) is 13.8 Å². The molecule has 0 unspecified atom stereocenters. The van der Waals surface area contributed by atoms with Gasteiger partial charge in [0.25, 0.3) is 5.91 Å². The minimum atomic E-state index is -0.642. The number of carbonyl (C=O) groups excluding carboxylic acids is 2. The van der Waals surface area contributed by atoms with Gasteiger partial charge in [-0.15, -0.1) is 0 Å². The van der Waals surface area contributed by atoms with E-state index in [9.17, 15) is 14.0 Å². The number of rotatable bonds is 5. The van der Waals surface area contributed by atoms with Gasteiger partial charge in [0.05, 0.1) is 11.1 Å². The van der Waals surface area contributed by atoms with Crippen molar-refractivity contribution in [1.29, 1.82) is 0 Å². The average Bonchev–Trinajstić information content (AvgIpc) is 2.51. The zero-order chi connectivity index (χ0) is 16.3. The number of nitrogens with two attached hydrogens (primary N) is 1. The number of anilines is 1. The van der Waals surface area contributed by atoms with Crippen molar-refractivity contribution in [1.82, 2.24) is 5.32 Å². The van der Waals surface area contributed by atoms with Crippen LogP contribution in [0, 0.1) is 5.82 Å². The standard InChI is InChI=1S/C16H22FN3O2/c1-3-16(4-2,9-18)20-15(22)11-7-10-5-6-14(21)19-13(10)8-12(11)17/h7-8H,3-6,9,18H2,1-2H3,(H,19,21)(H,20,22). The molecule has 0 aromatic heterocycles. The number of nitrogens with one attached hydrogen (secondary N) is 2. The Bertz CT molecular complexity index is 589. The summed E-state index contributed by atoms with van der Waals surface area (Å²) in [7, 11) is 0. The number of halogens is 1. The van der Waals surface area contributed by atoms with E-state index in [1.54, 1.807) is 0 Å². The van der Waals surface area contributed by atoms with Crippen molar-refractivity contribution in [3.8, 4) is 0 Å². The van der Waals surface area contributed by atoms with Crippen LogP contribution >= 0.6 is 0 Å². The van der Waals surface area contributed by atoms with Crippen molar-refractivity contribution in [2.45, 2.75) is 45.1 Å². The Kier molecular flexibility index (Phi) is 4.81. The molecule has 1 aromatic rings. The molecule has 1 aromatic carbocycles. The monoisotopic (exact) mass is 307 g/mol. The van der Waals surface area contributed by atoms with Gasteiger partial charge in [-0.3, -0.25) is 9.59 Å². The first-order valence-corrected chi connectivity index (χ1v) is 7.59. The molecule has 2 rings (SSSR count). The largest absolute Gasteiger partial charge is 0.345 e. The van der Waals surface area contributed by atoms with Crippen LogP contribution in [0.5, 0.6) is 0 Å². The lowest BCUT2D eigenvalue weighted by molar-refractivity contribution is -0.116. The van der Waals surface area contributed by atoms with Crippen molar-refractivity contribution in [2.75, 3.05) is 11.9 Å². The molecule has 0 atom stereocenters. The number of carbonyl (C=O) groups is 2. The number of aryl methyl sites for hydroxylation is 1. The molecule has 0 bridgehead atoms. The minimum Gasteiger partial charge on any atom is -0.345 e. The topological polar surface area (TPSA) is 84.2 Å². The molecule has 1 aliphatic heterocycles. The van der Waals surface area contributed by atoms with Gasteiger partial charge in [0.2, 0.25) is 5.91 Å². The van der Waals surface area contributed by atoms with Crippen LogP contribution in [0.3, 0.4) is 0 Å². The molecule has 120 valence electrons. The first kappa shape index (κ1) is 16.4. The molecule has 0 fully saturated rings. The highest BCUT2D eigenvalue weighted by molar-refractivity contribution is 5.98. The smallest absolute Gasteiger partial charge is 0.254 e. The van der Waals surface area contributed by atoms with E-state index < -0.39 is 17.3 Å². The molecule has 0 aliphatic carbocycles. The van der Waals surface area contributed by atoms with Crippen LogP contribution in [-0.2, 0) is 11.2 Å². The molecule has 0 spiro atoms. The third kappa shape index (κ3) is 3.11. The molecule has 1 heterocycles. The van der Waals surface area contributed by atoms with Crippen LogP contribution in [-0.4, -0.2) is 23.9 Å². The Labute approximate surface area is 129 Å². The molecule has 5 nitrogen and oxygen atoms in total. The number of fused-ring (bicyclic) bond motifs is 1. The van der Waals surface area contributed by atoms with Crippen molar-refractivity contribution in [3.63, 3.8) is 0 Å². The molecule has 0 radical (unpaired) electrons. The summed E-state index contributed by atoms with van der Waals surface area (Å²) in [6.07, 6.45) is 2.20. The maximum Gasteiger partial charge on any atom is 0.254 e. The predicted octanol–water partition coefficient (Wildman–Crippen LogP) is 1.96. The van der Waals surface area contributed by atoms with Crippen LogP contribution in [0.25, 0.3) is 0 Å². The highest BCUT2D eigenvalue weighted by atomic mass is 19.1. The fraction of sp³-hybridized carbons (Fsp3) is 0.500. The fourth-order valence-corrected chi connectivity index (χ4v) is 2.65. The van der Waals surface area contributed by atoms with Crippen molar-refractivity contribution < 1.29 is 14.0 Å². The van der Waals surface area contributed by atoms with E-state index in [2.05, 4.69) is 10.6 Å². The third-order valence-corrected chi connectivity index (χ3v) is 4.46. The summed E-state index contributed by atoms with van der Waals surface area (Å²) in [6, 6.07) is 2.73. The number of amides is 2. The molecule has 1 aliphatic rings. The molecular weight excluding hydrogens is 285 g/mol. The van der Waals surface area contributed by atoms with Gasteiger partial charge in [0, 0.05) is 18.7 Å². The van der Waals surface area contributed by atoms with E-state index in [0.29, 0.717) is 37.9 Å². The van der Waals surface area contributed by atoms with Gasteiger partial charge < -0.3 is 16.4 Å². The van der Waals surface area contributed by atoms with Crippen LogP contribution < -0.4 is 16.4 Å². The van der Waals surface area contributed by atoms with Crippen molar-refractivity contribution in [2.24, 2.45) is 5.73 Å². The number of benzene rings is 1. The Hall–Kier alpha value is -1.95.